The van der Waals surface area contributed by atoms with E-state index in [4.69, 9.17) is 4.74 Å². The predicted octanol–water partition coefficient (Wildman–Crippen LogP) is 1.55. The largest absolute Gasteiger partial charge is 0.491 e. The van der Waals surface area contributed by atoms with Crippen molar-refractivity contribution in [3.63, 3.8) is 0 Å². The van der Waals surface area contributed by atoms with Gasteiger partial charge in [-0.25, -0.2) is 0 Å². The second-order valence-corrected chi connectivity index (χ2v) is 5.27. The maximum absolute atomic E-state index is 12.3. The summed E-state index contributed by atoms with van der Waals surface area (Å²) in [5.41, 5.74) is 1.10. The van der Waals surface area contributed by atoms with Gasteiger partial charge in [0.2, 0.25) is 5.91 Å². The van der Waals surface area contributed by atoms with E-state index in [0.717, 1.165) is 24.3 Å². The highest BCUT2D eigenvalue weighted by Gasteiger charge is 2.23. The zero-order valence-electron chi connectivity index (χ0n) is 11.1. The number of carbonyl (C=O) groups excluding carboxylic acids is 1. The molecule has 19 heavy (non-hydrogen) atoms. The summed E-state index contributed by atoms with van der Waals surface area (Å²) in [4.78, 5) is 14.3. The summed E-state index contributed by atoms with van der Waals surface area (Å²) in [6.07, 6.45) is 2.92. The third-order valence-electron chi connectivity index (χ3n) is 3.89. The number of rotatable bonds is 2. The van der Waals surface area contributed by atoms with Crippen LogP contribution in [0.5, 0.6) is 5.75 Å². The minimum Gasteiger partial charge on any atom is -0.491 e. The lowest BCUT2D eigenvalue weighted by molar-refractivity contribution is -0.132. The van der Waals surface area contributed by atoms with Crippen molar-refractivity contribution < 1.29 is 9.53 Å². The molecular weight excluding hydrogens is 240 g/mol. The molecule has 2 aliphatic heterocycles. The van der Waals surface area contributed by atoms with Crippen molar-refractivity contribution in [1.29, 1.82) is 0 Å². The van der Waals surface area contributed by atoms with Gasteiger partial charge < -0.3 is 15.0 Å². The molecule has 1 saturated heterocycles. The van der Waals surface area contributed by atoms with Crippen LogP contribution < -0.4 is 10.1 Å². The van der Waals surface area contributed by atoms with Crippen LogP contribution in [0.4, 0.5) is 0 Å². The van der Waals surface area contributed by atoms with Gasteiger partial charge in [-0.15, -0.1) is 0 Å². The van der Waals surface area contributed by atoms with Gasteiger partial charge in [0.25, 0.3) is 0 Å². The topological polar surface area (TPSA) is 41.6 Å². The molecule has 0 saturated carbocycles. The highest BCUT2D eigenvalue weighted by atomic mass is 16.5. The fourth-order valence-corrected chi connectivity index (χ4v) is 2.81. The van der Waals surface area contributed by atoms with Crippen LogP contribution in [0.25, 0.3) is 0 Å². The molecule has 2 heterocycles. The minimum absolute atomic E-state index is 0.236. The number of ether oxygens (including phenoxy) is 1. The number of hydrogen-bond donors (Lipinski definition) is 1. The molecule has 1 fully saturated rings. The molecule has 0 spiro atoms. The highest BCUT2D eigenvalue weighted by Crippen LogP contribution is 2.23. The van der Waals surface area contributed by atoms with Gasteiger partial charge in [0.15, 0.2) is 0 Å². The Hall–Kier alpha value is -1.55. The standard InChI is InChI=1S/C15H20N2O2/c18-15(10-13-5-3-7-16-13)17-8-9-19-14-6-2-1-4-12(14)11-17/h1-2,4,6,13,16H,3,5,7-11H2. The van der Waals surface area contributed by atoms with Crippen LogP contribution in [-0.4, -0.2) is 36.5 Å². The summed E-state index contributed by atoms with van der Waals surface area (Å²) in [5.74, 6) is 1.15. The smallest absolute Gasteiger partial charge is 0.224 e. The highest BCUT2D eigenvalue weighted by molar-refractivity contribution is 5.77. The fraction of sp³-hybridized carbons (Fsp3) is 0.533. The van der Waals surface area contributed by atoms with Gasteiger partial charge in [0.05, 0.1) is 6.54 Å². The lowest BCUT2D eigenvalue weighted by atomic mass is 10.1. The zero-order valence-corrected chi connectivity index (χ0v) is 11.1. The maximum Gasteiger partial charge on any atom is 0.224 e. The number of amides is 1. The van der Waals surface area contributed by atoms with E-state index in [0.29, 0.717) is 32.2 Å². The number of fused-ring (bicyclic) bond motifs is 1. The Balaban J connectivity index is 1.66. The molecule has 1 N–H and O–H groups in total. The van der Waals surface area contributed by atoms with Crippen LogP contribution in [0.3, 0.4) is 0 Å². The molecule has 4 heteroatoms. The maximum atomic E-state index is 12.3. The Labute approximate surface area is 113 Å². The van der Waals surface area contributed by atoms with Crippen molar-refractivity contribution in [1.82, 2.24) is 10.2 Å². The van der Waals surface area contributed by atoms with E-state index in [1.165, 1.54) is 6.42 Å². The van der Waals surface area contributed by atoms with Gasteiger partial charge >= 0.3 is 0 Å². The summed E-state index contributed by atoms with van der Waals surface area (Å²) in [6, 6.07) is 8.34. The fourth-order valence-electron chi connectivity index (χ4n) is 2.81. The van der Waals surface area contributed by atoms with E-state index in [-0.39, 0.29) is 5.91 Å². The molecule has 1 aromatic carbocycles. The number of carbonyl (C=O) groups is 1. The summed E-state index contributed by atoms with van der Waals surface area (Å²) >= 11 is 0. The minimum atomic E-state index is 0.236. The van der Waals surface area contributed by atoms with Crippen molar-refractivity contribution in [2.75, 3.05) is 19.7 Å². The monoisotopic (exact) mass is 260 g/mol. The molecule has 0 aliphatic carbocycles. The second-order valence-electron chi connectivity index (χ2n) is 5.27. The number of para-hydroxylation sites is 1. The average Bonchev–Trinajstić information content (AvgIpc) is 2.82. The average molecular weight is 260 g/mol. The van der Waals surface area contributed by atoms with Crippen molar-refractivity contribution >= 4 is 5.91 Å². The van der Waals surface area contributed by atoms with E-state index >= 15 is 0 Å². The third kappa shape index (κ3) is 2.89. The third-order valence-corrected chi connectivity index (χ3v) is 3.89. The van der Waals surface area contributed by atoms with Crippen LogP contribution in [0, 0.1) is 0 Å². The van der Waals surface area contributed by atoms with E-state index < -0.39 is 0 Å². The molecule has 4 nitrogen and oxygen atoms in total. The van der Waals surface area contributed by atoms with Crippen molar-refractivity contribution in [2.45, 2.75) is 31.8 Å². The summed E-state index contributed by atoms with van der Waals surface area (Å²) in [6.45, 7) is 2.98. The molecule has 1 amide bonds. The molecule has 3 rings (SSSR count). The second kappa shape index (κ2) is 5.61. The van der Waals surface area contributed by atoms with Crippen molar-refractivity contribution in [3.05, 3.63) is 29.8 Å². The lowest BCUT2D eigenvalue weighted by Crippen LogP contribution is -2.36. The normalized spacial score (nSPS) is 22.5. The Morgan fingerprint density at radius 2 is 2.32 bits per heavy atom. The van der Waals surface area contributed by atoms with Crippen LogP contribution in [0.1, 0.15) is 24.8 Å². The lowest BCUT2D eigenvalue weighted by Gasteiger charge is -2.21. The summed E-state index contributed by atoms with van der Waals surface area (Å²) in [5, 5.41) is 3.38. The van der Waals surface area contributed by atoms with Crippen molar-refractivity contribution in [3.8, 4) is 5.75 Å². The summed E-state index contributed by atoms with van der Waals surface area (Å²) in [7, 11) is 0. The van der Waals surface area contributed by atoms with Gasteiger partial charge in [-0.1, -0.05) is 18.2 Å². The molecular formula is C15H20N2O2. The number of hydrogen-bond acceptors (Lipinski definition) is 3. The molecule has 1 atom stereocenters. The Morgan fingerprint density at radius 3 is 3.16 bits per heavy atom. The van der Waals surface area contributed by atoms with Crippen LogP contribution in [-0.2, 0) is 11.3 Å². The Bertz CT molecular complexity index is 455. The predicted molar refractivity (Wildman–Crippen MR) is 73.0 cm³/mol. The van der Waals surface area contributed by atoms with Crippen LogP contribution in [0.2, 0.25) is 0 Å². The van der Waals surface area contributed by atoms with Gasteiger partial charge in [-0.2, -0.15) is 0 Å². The van der Waals surface area contributed by atoms with Gasteiger partial charge in [0.1, 0.15) is 12.4 Å². The molecule has 1 aromatic rings. The molecule has 0 radical (unpaired) electrons. The summed E-state index contributed by atoms with van der Waals surface area (Å²) < 4.78 is 5.69. The number of benzene rings is 1. The van der Waals surface area contributed by atoms with Crippen molar-refractivity contribution in [2.24, 2.45) is 0 Å². The quantitative estimate of drug-likeness (QED) is 0.877. The van der Waals surface area contributed by atoms with Gasteiger partial charge in [-0.05, 0) is 25.5 Å². The molecule has 0 aromatic heterocycles. The van der Waals surface area contributed by atoms with Gasteiger partial charge in [0, 0.05) is 24.6 Å². The van der Waals surface area contributed by atoms with E-state index in [2.05, 4.69) is 5.32 Å². The SMILES string of the molecule is O=C(CC1CCCN1)N1CCOc2ccccc2C1. The molecule has 0 bridgehead atoms. The van der Waals surface area contributed by atoms with E-state index in [1.807, 2.05) is 29.2 Å². The molecule has 1 unspecified atom stereocenters. The zero-order chi connectivity index (χ0) is 13.1. The van der Waals surface area contributed by atoms with Crippen LogP contribution in [0.15, 0.2) is 24.3 Å². The number of nitrogens with one attached hydrogen (secondary N) is 1. The first-order chi connectivity index (χ1) is 9.33. The first kappa shape index (κ1) is 12.5. The van der Waals surface area contributed by atoms with E-state index in [9.17, 15) is 4.79 Å². The van der Waals surface area contributed by atoms with Gasteiger partial charge in [-0.3, -0.25) is 4.79 Å². The molecule has 2 aliphatic rings. The van der Waals surface area contributed by atoms with E-state index in [1.54, 1.807) is 0 Å². The number of nitrogens with zero attached hydrogens (tertiary/aromatic N) is 1. The van der Waals surface area contributed by atoms with Crippen LogP contribution >= 0.6 is 0 Å². The Morgan fingerprint density at radius 1 is 1.42 bits per heavy atom. The first-order valence-electron chi connectivity index (χ1n) is 7.05. The first-order valence-corrected chi connectivity index (χ1v) is 7.05. The molecule has 102 valence electrons. The Kier molecular flexibility index (Phi) is 3.69.